The highest BCUT2D eigenvalue weighted by molar-refractivity contribution is 5.73. The Labute approximate surface area is 120 Å². The molecule has 2 N–H and O–H groups in total. The Bertz CT molecular complexity index is 500. The molecule has 0 aliphatic heterocycles. The first-order valence-corrected chi connectivity index (χ1v) is 6.43. The normalized spacial score (nSPS) is 13.5. The van der Waals surface area contributed by atoms with E-state index in [9.17, 15) is 22.4 Å². The Hall–Kier alpha value is -1.63. The van der Waals surface area contributed by atoms with Crippen LogP contribution in [0.25, 0.3) is 0 Å². The molecule has 0 aliphatic carbocycles. The van der Waals surface area contributed by atoms with Gasteiger partial charge in [0.05, 0.1) is 5.56 Å². The summed E-state index contributed by atoms with van der Waals surface area (Å²) in [6.45, 7) is 3.61. The molecule has 0 saturated carbocycles. The fourth-order valence-electron chi connectivity index (χ4n) is 1.88. The molecular formula is C14H17F4NO2. The van der Waals surface area contributed by atoms with Crippen molar-refractivity contribution >= 4 is 5.97 Å². The molecule has 0 bridgehead atoms. The first-order valence-electron chi connectivity index (χ1n) is 6.43. The molecule has 0 fully saturated rings. The van der Waals surface area contributed by atoms with E-state index in [1.807, 2.05) is 13.8 Å². The molecule has 21 heavy (non-hydrogen) atoms. The number of nitrogens with one attached hydrogen (secondary N) is 1. The summed E-state index contributed by atoms with van der Waals surface area (Å²) >= 11 is 0. The van der Waals surface area contributed by atoms with Crippen molar-refractivity contribution in [1.29, 1.82) is 0 Å². The highest BCUT2D eigenvalue weighted by Gasteiger charge is 2.34. The molecule has 118 valence electrons. The van der Waals surface area contributed by atoms with Crippen LogP contribution >= 0.6 is 0 Å². The second kappa shape index (κ2) is 6.89. The topological polar surface area (TPSA) is 49.3 Å². The Morgan fingerprint density at radius 1 is 1.33 bits per heavy atom. The molecule has 7 heteroatoms. The van der Waals surface area contributed by atoms with Gasteiger partial charge in [0.2, 0.25) is 0 Å². The van der Waals surface area contributed by atoms with Gasteiger partial charge in [0.15, 0.2) is 0 Å². The zero-order chi connectivity index (χ0) is 16.2. The third-order valence-corrected chi connectivity index (χ3v) is 2.89. The van der Waals surface area contributed by atoms with Crippen LogP contribution in [0, 0.1) is 11.7 Å². The number of hydrogen-bond donors (Lipinski definition) is 2. The van der Waals surface area contributed by atoms with Crippen LogP contribution in [0.2, 0.25) is 0 Å². The zero-order valence-electron chi connectivity index (χ0n) is 11.7. The highest BCUT2D eigenvalue weighted by atomic mass is 19.4. The molecule has 0 spiro atoms. The van der Waals surface area contributed by atoms with Gasteiger partial charge in [-0.15, -0.1) is 0 Å². The summed E-state index contributed by atoms with van der Waals surface area (Å²) in [6, 6.07) is 1.77. The lowest BCUT2D eigenvalue weighted by atomic mass is 10.0. The maximum absolute atomic E-state index is 13.1. The number of benzene rings is 1. The van der Waals surface area contributed by atoms with Gasteiger partial charge in [0.25, 0.3) is 0 Å². The molecule has 1 rings (SSSR count). The number of carboxylic acids is 1. The second-order valence-electron chi connectivity index (χ2n) is 5.21. The van der Waals surface area contributed by atoms with Crippen molar-refractivity contribution in [3.63, 3.8) is 0 Å². The van der Waals surface area contributed by atoms with E-state index in [0.29, 0.717) is 12.5 Å². The predicted molar refractivity (Wildman–Crippen MR) is 69.1 cm³/mol. The lowest BCUT2D eigenvalue weighted by molar-refractivity contribution is -0.141. The Morgan fingerprint density at radius 2 is 1.95 bits per heavy atom. The fourth-order valence-corrected chi connectivity index (χ4v) is 1.88. The molecule has 1 aromatic carbocycles. The number of aliphatic carboxylic acids is 1. The molecule has 3 nitrogen and oxygen atoms in total. The zero-order valence-corrected chi connectivity index (χ0v) is 11.7. The van der Waals surface area contributed by atoms with Crippen LogP contribution in [0.1, 0.15) is 31.4 Å². The van der Waals surface area contributed by atoms with Gasteiger partial charge >= 0.3 is 12.1 Å². The van der Waals surface area contributed by atoms with Gasteiger partial charge in [-0.1, -0.05) is 19.9 Å². The lowest BCUT2D eigenvalue weighted by Gasteiger charge is -2.17. The number of carboxylic acid groups (broad SMARTS) is 1. The van der Waals surface area contributed by atoms with Gasteiger partial charge in [0, 0.05) is 6.54 Å². The average molecular weight is 307 g/mol. The van der Waals surface area contributed by atoms with Crippen molar-refractivity contribution in [3.05, 3.63) is 35.1 Å². The maximum atomic E-state index is 13.1. The standard InChI is InChI=1S/C14H17F4NO2/c1-8(2)5-12(13(20)21)19-7-9-3-4-11(15)10(6-9)14(16,17)18/h3-4,6,8,12,19H,5,7H2,1-2H3,(H,20,21). The van der Waals surface area contributed by atoms with E-state index in [1.165, 1.54) is 6.07 Å². The fraction of sp³-hybridized carbons (Fsp3) is 0.500. The Balaban J connectivity index is 2.81. The van der Waals surface area contributed by atoms with Crippen LogP contribution in [0.5, 0.6) is 0 Å². The summed E-state index contributed by atoms with van der Waals surface area (Å²) < 4.78 is 50.8. The van der Waals surface area contributed by atoms with E-state index < -0.39 is 29.6 Å². The molecule has 0 aromatic heterocycles. The Kier molecular flexibility index (Phi) is 5.71. The maximum Gasteiger partial charge on any atom is 0.419 e. The molecule has 0 saturated heterocycles. The van der Waals surface area contributed by atoms with Crippen LogP contribution < -0.4 is 5.32 Å². The highest BCUT2D eigenvalue weighted by Crippen LogP contribution is 2.31. The number of hydrogen-bond acceptors (Lipinski definition) is 2. The van der Waals surface area contributed by atoms with E-state index in [-0.39, 0.29) is 18.0 Å². The van der Waals surface area contributed by atoms with Crippen molar-refractivity contribution in [1.82, 2.24) is 5.32 Å². The molecule has 1 unspecified atom stereocenters. The van der Waals surface area contributed by atoms with Crippen molar-refractivity contribution in [3.8, 4) is 0 Å². The number of rotatable bonds is 6. The number of carbonyl (C=O) groups is 1. The lowest BCUT2D eigenvalue weighted by Crippen LogP contribution is -2.37. The van der Waals surface area contributed by atoms with Crippen molar-refractivity contribution in [2.75, 3.05) is 0 Å². The van der Waals surface area contributed by atoms with Crippen molar-refractivity contribution < 1.29 is 27.5 Å². The van der Waals surface area contributed by atoms with Crippen LogP contribution in [0.15, 0.2) is 18.2 Å². The molecule has 1 atom stereocenters. The van der Waals surface area contributed by atoms with E-state index in [1.54, 1.807) is 0 Å². The van der Waals surface area contributed by atoms with Gasteiger partial charge in [-0.3, -0.25) is 4.79 Å². The van der Waals surface area contributed by atoms with E-state index >= 15 is 0 Å². The minimum absolute atomic E-state index is 0.0763. The van der Waals surface area contributed by atoms with Crippen LogP contribution in [0.3, 0.4) is 0 Å². The molecule has 0 amide bonds. The minimum Gasteiger partial charge on any atom is -0.480 e. The summed E-state index contributed by atoms with van der Waals surface area (Å²) in [6.07, 6.45) is -4.42. The number of alkyl halides is 3. The second-order valence-corrected chi connectivity index (χ2v) is 5.21. The van der Waals surface area contributed by atoms with Gasteiger partial charge in [0.1, 0.15) is 11.9 Å². The third-order valence-electron chi connectivity index (χ3n) is 2.89. The van der Waals surface area contributed by atoms with Crippen molar-refractivity contribution in [2.45, 2.75) is 39.0 Å². The van der Waals surface area contributed by atoms with Crippen LogP contribution in [-0.2, 0) is 17.5 Å². The van der Waals surface area contributed by atoms with Gasteiger partial charge in [-0.2, -0.15) is 13.2 Å². The van der Waals surface area contributed by atoms with Crippen LogP contribution in [-0.4, -0.2) is 17.1 Å². The summed E-state index contributed by atoms with van der Waals surface area (Å²) in [5, 5.41) is 11.7. The molecule has 0 heterocycles. The summed E-state index contributed by atoms with van der Waals surface area (Å²) in [4.78, 5) is 11.0. The van der Waals surface area contributed by atoms with Crippen LogP contribution in [0.4, 0.5) is 17.6 Å². The summed E-state index contributed by atoms with van der Waals surface area (Å²) in [5.41, 5.74) is -1.17. The molecule has 1 aromatic rings. The van der Waals surface area contributed by atoms with E-state index in [4.69, 9.17) is 5.11 Å². The quantitative estimate of drug-likeness (QED) is 0.792. The molecule has 0 radical (unpaired) electrons. The monoisotopic (exact) mass is 307 g/mol. The summed E-state index contributed by atoms with van der Waals surface area (Å²) in [7, 11) is 0. The smallest absolute Gasteiger partial charge is 0.419 e. The third kappa shape index (κ3) is 5.34. The SMILES string of the molecule is CC(C)CC(NCc1ccc(F)c(C(F)(F)F)c1)C(=O)O. The first-order chi connectivity index (χ1) is 9.61. The first kappa shape index (κ1) is 17.4. The average Bonchev–Trinajstić information content (AvgIpc) is 2.33. The van der Waals surface area contributed by atoms with Gasteiger partial charge < -0.3 is 10.4 Å². The molecular weight excluding hydrogens is 290 g/mol. The van der Waals surface area contributed by atoms with E-state index in [2.05, 4.69) is 5.32 Å². The molecule has 0 aliphatic rings. The van der Waals surface area contributed by atoms with E-state index in [0.717, 1.165) is 6.07 Å². The van der Waals surface area contributed by atoms with Crippen molar-refractivity contribution in [2.24, 2.45) is 5.92 Å². The van der Waals surface area contributed by atoms with Gasteiger partial charge in [-0.05, 0) is 30.0 Å². The minimum atomic E-state index is -4.77. The largest absolute Gasteiger partial charge is 0.480 e. The number of halogens is 4. The Morgan fingerprint density at radius 3 is 2.43 bits per heavy atom. The predicted octanol–water partition coefficient (Wildman–Crippen LogP) is 3.43. The summed E-state index contributed by atoms with van der Waals surface area (Å²) in [5.74, 6) is -2.29. The van der Waals surface area contributed by atoms with Gasteiger partial charge in [-0.25, -0.2) is 4.39 Å².